The van der Waals surface area contributed by atoms with E-state index in [1.807, 2.05) is 18.2 Å². The minimum absolute atomic E-state index is 0.217. The third-order valence-corrected chi connectivity index (χ3v) is 5.31. The Balaban J connectivity index is 1.91. The van der Waals surface area contributed by atoms with Crippen molar-refractivity contribution in [2.45, 2.75) is 31.8 Å². The third-order valence-electron chi connectivity index (χ3n) is 4.00. The summed E-state index contributed by atoms with van der Waals surface area (Å²) >= 11 is 0. The molecule has 1 atom stereocenters. The van der Waals surface area contributed by atoms with Gasteiger partial charge < -0.3 is 10.1 Å². The Morgan fingerprint density at radius 1 is 1.33 bits per heavy atom. The van der Waals surface area contributed by atoms with Gasteiger partial charge in [-0.3, -0.25) is 0 Å². The van der Waals surface area contributed by atoms with Crippen LogP contribution < -0.4 is 10.1 Å². The minimum Gasteiger partial charge on any atom is -0.497 e. The summed E-state index contributed by atoms with van der Waals surface area (Å²) in [7, 11) is -1.39. The van der Waals surface area contributed by atoms with Gasteiger partial charge in [0.05, 0.1) is 13.4 Å². The van der Waals surface area contributed by atoms with Crippen molar-refractivity contribution in [1.82, 2.24) is 9.62 Å². The summed E-state index contributed by atoms with van der Waals surface area (Å²) in [6.07, 6.45) is 2.97. The van der Waals surface area contributed by atoms with Crippen molar-refractivity contribution in [2.24, 2.45) is 0 Å². The van der Waals surface area contributed by atoms with E-state index in [0.717, 1.165) is 18.6 Å². The van der Waals surface area contributed by atoms with Crippen LogP contribution in [0.2, 0.25) is 0 Å². The maximum Gasteiger partial charge on any atom is 0.211 e. The van der Waals surface area contributed by atoms with Crippen LogP contribution in [0.5, 0.6) is 5.75 Å². The molecule has 2 rings (SSSR count). The molecule has 1 aromatic rings. The average Bonchev–Trinajstić information content (AvgIpc) is 2.47. The van der Waals surface area contributed by atoms with Crippen molar-refractivity contribution >= 4 is 10.0 Å². The molecule has 1 aromatic carbocycles. The van der Waals surface area contributed by atoms with E-state index in [0.29, 0.717) is 19.1 Å². The monoisotopic (exact) mass is 312 g/mol. The Kier molecular flexibility index (Phi) is 5.24. The van der Waals surface area contributed by atoms with Gasteiger partial charge in [0.1, 0.15) is 5.75 Å². The van der Waals surface area contributed by atoms with Crippen LogP contribution in [0.25, 0.3) is 0 Å². The molecule has 0 aliphatic carbocycles. The fourth-order valence-electron chi connectivity index (χ4n) is 2.71. The molecule has 1 saturated heterocycles. The van der Waals surface area contributed by atoms with E-state index < -0.39 is 10.0 Å². The first kappa shape index (κ1) is 16.3. The summed E-state index contributed by atoms with van der Waals surface area (Å²) in [5, 5.41) is 3.58. The zero-order valence-corrected chi connectivity index (χ0v) is 13.7. The van der Waals surface area contributed by atoms with Gasteiger partial charge in [-0.05, 0) is 37.5 Å². The van der Waals surface area contributed by atoms with E-state index in [1.165, 1.54) is 11.8 Å². The Morgan fingerprint density at radius 3 is 2.57 bits per heavy atom. The highest BCUT2D eigenvalue weighted by molar-refractivity contribution is 7.88. The van der Waals surface area contributed by atoms with E-state index in [9.17, 15) is 8.42 Å². The van der Waals surface area contributed by atoms with Crippen molar-refractivity contribution in [3.8, 4) is 5.75 Å². The number of rotatable bonds is 5. The van der Waals surface area contributed by atoms with E-state index in [-0.39, 0.29) is 6.04 Å². The van der Waals surface area contributed by atoms with Gasteiger partial charge in [-0.25, -0.2) is 12.7 Å². The maximum atomic E-state index is 11.5. The normalized spacial score (nSPS) is 19.4. The van der Waals surface area contributed by atoms with Crippen LogP contribution in [-0.2, 0) is 10.0 Å². The topological polar surface area (TPSA) is 58.6 Å². The number of benzene rings is 1. The number of nitrogens with one attached hydrogen (secondary N) is 1. The van der Waals surface area contributed by atoms with Crippen molar-refractivity contribution in [1.29, 1.82) is 0 Å². The van der Waals surface area contributed by atoms with Crippen molar-refractivity contribution in [3.05, 3.63) is 29.8 Å². The second-order valence-electron chi connectivity index (χ2n) is 5.60. The number of nitrogens with zero attached hydrogens (tertiary/aromatic N) is 1. The van der Waals surface area contributed by atoms with Gasteiger partial charge in [0, 0.05) is 25.2 Å². The Morgan fingerprint density at radius 2 is 2.00 bits per heavy atom. The number of hydrogen-bond acceptors (Lipinski definition) is 4. The van der Waals surface area contributed by atoms with Crippen molar-refractivity contribution in [2.75, 3.05) is 26.5 Å². The van der Waals surface area contributed by atoms with Crippen LogP contribution in [0.15, 0.2) is 24.3 Å². The number of sulfonamides is 1. The van der Waals surface area contributed by atoms with Gasteiger partial charge in [0.2, 0.25) is 10.0 Å². The lowest BCUT2D eigenvalue weighted by atomic mass is 10.0. The first-order valence-corrected chi connectivity index (χ1v) is 9.10. The zero-order valence-electron chi connectivity index (χ0n) is 12.9. The lowest BCUT2D eigenvalue weighted by Gasteiger charge is -2.32. The van der Waals surface area contributed by atoms with Gasteiger partial charge in [0.15, 0.2) is 0 Å². The molecule has 0 amide bonds. The van der Waals surface area contributed by atoms with E-state index in [1.54, 1.807) is 11.4 Å². The van der Waals surface area contributed by atoms with E-state index >= 15 is 0 Å². The van der Waals surface area contributed by atoms with Crippen molar-refractivity contribution < 1.29 is 13.2 Å². The Bertz CT molecular complexity index is 566. The van der Waals surface area contributed by atoms with E-state index in [2.05, 4.69) is 18.3 Å². The number of ether oxygens (including phenoxy) is 1. The molecule has 1 N–H and O–H groups in total. The average molecular weight is 312 g/mol. The Hall–Kier alpha value is -1.11. The first-order chi connectivity index (χ1) is 9.90. The molecule has 21 heavy (non-hydrogen) atoms. The molecule has 1 fully saturated rings. The van der Waals surface area contributed by atoms with Gasteiger partial charge in [-0.15, -0.1) is 0 Å². The standard InChI is InChI=1S/C15H24N2O3S/c1-12(13-5-4-6-15(11-13)20-2)16-14-7-9-17(10-8-14)21(3,18)19/h4-6,11-12,14,16H,7-10H2,1-3H3. The molecular formula is C15H24N2O3S. The van der Waals surface area contributed by atoms with Gasteiger partial charge >= 0.3 is 0 Å². The SMILES string of the molecule is COc1cccc(C(C)NC2CCN(S(C)(=O)=O)CC2)c1. The molecule has 0 radical (unpaired) electrons. The molecule has 0 saturated carbocycles. The van der Waals surface area contributed by atoms with Crippen LogP contribution >= 0.6 is 0 Å². The predicted molar refractivity (Wildman–Crippen MR) is 84.0 cm³/mol. The fraction of sp³-hybridized carbons (Fsp3) is 0.600. The molecule has 118 valence electrons. The molecule has 5 nitrogen and oxygen atoms in total. The molecule has 0 bridgehead atoms. The van der Waals surface area contributed by atoms with Crippen LogP contribution in [0.3, 0.4) is 0 Å². The largest absolute Gasteiger partial charge is 0.497 e. The molecule has 1 heterocycles. The summed E-state index contributed by atoms with van der Waals surface area (Å²) in [5.41, 5.74) is 1.18. The maximum absolute atomic E-state index is 11.5. The molecule has 1 aliphatic heterocycles. The molecule has 0 aromatic heterocycles. The van der Waals surface area contributed by atoms with Gasteiger partial charge in [-0.1, -0.05) is 12.1 Å². The highest BCUT2D eigenvalue weighted by Gasteiger charge is 2.25. The zero-order chi connectivity index (χ0) is 15.5. The summed E-state index contributed by atoms with van der Waals surface area (Å²) in [6.45, 7) is 3.32. The Labute approximate surface area is 127 Å². The lowest BCUT2D eigenvalue weighted by molar-refractivity contribution is 0.278. The van der Waals surface area contributed by atoms with Gasteiger partial charge in [-0.2, -0.15) is 0 Å². The van der Waals surface area contributed by atoms with E-state index in [4.69, 9.17) is 4.74 Å². The second-order valence-corrected chi connectivity index (χ2v) is 7.58. The fourth-order valence-corrected chi connectivity index (χ4v) is 3.59. The summed E-state index contributed by atoms with van der Waals surface area (Å²) in [6, 6.07) is 8.59. The smallest absolute Gasteiger partial charge is 0.211 e. The third kappa shape index (κ3) is 4.43. The number of piperidine rings is 1. The summed E-state index contributed by atoms with van der Waals surface area (Å²) < 4.78 is 29.8. The molecule has 0 spiro atoms. The molecule has 1 aliphatic rings. The lowest BCUT2D eigenvalue weighted by Crippen LogP contribution is -2.45. The summed E-state index contributed by atoms with van der Waals surface area (Å²) in [5.74, 6) is 0.855. The first-order valence-electron chi connectivity index (χ1n) is 7.25. The minimum atomic E-state index is -3.05. The highest BCUT2D eigenvalue weighted by Crippen LogP contribution is 2.21. The molecule has 1 unspecified atom stereocenters. The number of methoxy groups -OCH3 is 1. The summed E-state index contributed by atoms with van der Waals surface area (Å²) in [4.78, 5) is 0. The van der Waals surface area contributed by atoms with Gasteiger partial charge in [0.25, 0.3) is 0 Å². The number of hydrogen-bond donors (Lipinski definition) is 1. The molecular weight excluding hydrogens is 288 g/mol. The van der Waals surface area contributed by atoms with Crippen LogP contribution in [-0.4, -0.2) is 45.2 Å². The van der Waals surface area contributed by atoms with Crippen LogP contribution in [0.1, 0.15) is 31.4 Å². The van der Waals surface area contributed by atoms with Crippen LogP contribution in [0, 0.1) is 0 Å². The highest BCUT2D eigenvalue weighted by atomic mass is 32.2. The predicted octanol–water partition coefficient (Wildman–Crippen LogP) is 1.77. The quantitative estimate of drug-likeness (QED) is 0.900. The van der Waals surface area contributed by atoms with Crippen LogP contribution in [0.4, 0.5) is 0 Å². The second kappa shape index (κ2) is 6.77. The van der Waals surface area contributed by atoms with Crippen molar-refractivity contribution in [3.63, 3.8) is 0 Å². The molecule has 6 heteroatoms.